The highest BCUT2D eigenvalue weighted by Crippen LogP contribution is 2.32. The molecule has 0 aliphatic carbocycles. The van der Waals surface area contributed by atoms with Crippen LogP contribution in [0.15, 0.2) is 36.7 Å². The van der Waals surface area contributed by atoms with Gasteiger partial charge in [-0.15, -0.1) is 0 Å². The van der Waals surface area contributed by atoms with Crippen molar-refractivity contribution in [2.24, 2.45) is 0 Å². The predicted molar refractivity (Wildman–Crippen MR) is 81.8 cm³/mol. The Hall–Kier alpha value is -2.43. The summed E-state index contributed by atoms with van der Waals surface area (Å²) < 4.78 is 0. The summed E-state index contributed by atoms with van der Waals surface area (Å²) in [6.45, 7) is 3.56. The molecule has 1 aromatic heterocycles. The number of hydrogen-bond acceptors (Lipinski definition) is 4. The van der Waals surface area contributed by atoms with Crippen LogP contribution in [0, 0.1) is 0 Å². The lowest BCUT2D eigenvalue weighted by Crippen LogP contribution is -2.25. The molecule has 1 N–H and O–H groups in total. The van der Waals surface area contributed by atoms with Gasteiger partial charge in [0.05, 0.1) is 0 Å². The van der Waals surface area contributed by atoms with E-state index < -0.39 is 0 Å². The average Bonchev–Trinajstić information content (AvgIpc) is 2.97. The van der Waals surface area contributed by atoms with Crippen LogP contribution in [0.5, 0.6) is 0 Å². The van der Waals surface area contributed by atoms with Gasteiger partial charge in [-0.1, -0.05) is 25.1 Å². The summed E-state index contributed by atoms with van der Waals surface area (Å²) in [6.07, 6.45) is 3.36. The summed E-state index contributed by atoms with van der Waals surface area (Å²) in [5.41, 5.74) is 2.89. The standard InChI is InChI=1S/C16H18N4O/c1-2-8-17-16(21)13-10-15(19-11-18-13)20-9-7-12-5-3-4-6-14(12)20/h3-6,10-11H,2,7-9H2,1H3,(H,17,21). The fourth-order valence-corrected chi connectivity index (χ4v) is 2.52. The molecule has 3 rings (SSSR count). The normalized spacial score (nSPS) is 13.1. The number of benzene rings is 1. The number of carbonyl (C=O) groups excluding carboxylic acids is 1. The Morgan fingerprint density at radius 3 is 3.05 bits per heavy atom. The van der Waals surface area contributed by atoms with Crippen molar-refractivity contribution >= 4 is 17.4 Å². The molecule has 1 aromatic carbocycles. The minimum Gasteiger partial charge on any atom is -0.351 e. The Kier molecular flexibility index (Phi) is 3.81. The molecule has 2 aromatic rings. The Morgan fingerprint density at radius 2 is 2.19 bits per heavy atom. The SMILES string of the molecule is CCCNC(=O)c1cc(N2CCc3ccccc32)ncn1. The molecule has 0 radical (unpaired) electrons. The molecule has 0 saturated heterocycles. The van der Waals surface area contributed by atoms with Crippen molar-refractivity contribution in [2.75, 3.05) is 18.0 Å². The second-order valence-electron chi connectivity index (χ2n) is 5.05. The first-order valence-corrected chi connectivity index (χ1v) is 7.25. The van der Waals surface area contributed by atoms with Crippen molar-refractivity contribution in [2.45, 2.75) is 19.8 Å². The smallest absolute Gasteiger partial charge is 0.270 e. The van der Waals surface area contributed by atoms with Gasteiger partial charge in [0.1, 0.15) is 17.8 Å². The summed E-state index contributed by atoms with van der Waals surface area (Å²) in [5, 5.41) is 2.84. The first kappa shape index (κ1) is 13.5. The molecule has 0 bridgehead atoms. The summed E-state index contributed by atoms with van der Waals surface area (Å²) in [7, 11) is 0. The third-order valence-electron chi connectivity index (χ3n) is 3.58. The molecule has 5 heteroatoms. The Labute approximate surface area is 124 Å². The van der Waals surface area contributed by atoms with Gasteiger partial charge in [0.15, 0.2) is 0 Å². The van der Waals surface area contributed by atoms with Crippen molar-refractivity contribution in [3.05, 3.63) is 47.9 Å². The molecule has 0 fully saturated rings. The molecule has 5 nitrogen and oxygen atoms in total. The highest BCUT2D eigenvalue weighted by atomic mass is 16.1. The van der Waals surface area contributed by atoms with E-state index >= 15 is 0 Å². The number of rotatable bonds is 4. The zero-order valence-electron chi connectivity index (χ0n) is 12.0. The largest absolute Gasteiger partial charge is 0.351 e. The van der Waals surface area contributed by atoms with Crippen LogP contribution in [-0.2, 0) is 6.42 Å². The van der Waals surface area contributed by atoms with E-state index in [0.717, 1.165) is 30.9 Å². The fraction of sp³-hybridized carbons (Fsp3) is 0.312. The average molecular weight is 282 g/mol. The van der Waals surface area contributed by atoms with Crippen molar-refractivity contribution in [3.63, 3.8) is 0 Å². The molecule has 0 spiro atoms. The molecule has 1 aliphatic rings. The Morgan fingerprint density at radius 1 is 1.33 bits per heavy atom. The fourth-order valence-electron chi connectivity index (χ4n) is 2.52. The molecule has 1 aliphatic heterocycles. The topological polar surface area (TPSA) is 58.1 Å². The summed E-state index contributed by atoms with van der Waals surface area (Å²) in [4.78, 5) is 22.5. The first-order chi connectivity index (χ1) is 10.3. The van der Waals surface area contributed by atoms with E-state index in [0.29, 0.717) is 12.2 Å². The van der Waals surface area contributed by atoms with Gasteiger partial charge in [0.2, 0.25) is 0 Å². The number of para-hydroxylation sites is 1. The number of hydrogen-bond donors (Lipinski definition) is 1. The molecule has 0 unspecified atom stereocenters. The second-order valence-corrected chi connectivity index (χ2v) is 5.05. The molecule has 21 heavy (non-hydrogen) atoms. The lowest BCUT2D eigenvalue weighted by Gasteiger charge is -2.18. The van der Waals surface area contributed by atoms with E-state index in [2.05, 4.69) is 32.3 Å². The van der Waals surface area contributed by atoms with Crippen LogP contribution in [0.25, 0.3) is 0 Å². The number of amides is 1. The van der Waals surface area contributed by atoms with Crippen LogP contribution < -0.4 is 10.2 Å². The molecule has 0 atom stereocenters. The van der Waals surface area contributed by atoms with Crippen LogP contribution in [0.3, 0.4) is 0 Å². The lowest BCUT2D eigenvalue weighted by molar-refractivity contribution is 0.0948. The highest BCUT2D eigenvalue weighted by Gasteiger charge is 2.21. The molecule has 2 heterocycles. The summed E-state index contributed by atoms with van der Waals surface area (Å²) >= 11 is 0. The quantitative estimate of drug-likeness (QED) is 0.935. The number of anilines is 2. The van der Waals surface area contributed by atoms with E-state index in [1.165, 1.54) is 11.9 Å². The highest BCUT2D eigenvalue weighted by molar-refractivity contribution is 5.93. The van der Waals surface area contributed by atoms with Crippen molar-refractivity contribution in [1.82, 2.24) is 15.3 Å². The van der Waals surface area contributed by atoms with Crippen LogP contribution in [-0.4, -0.2) is 29.0 Å². The maximum atomic E-state index is 12.0. The Balaban J connectivity index is 1.86. The number of fused-ring (bicyclic) bond motifs is 1. The van der Waals surface area contributed by atoms with Crippen LogP contribution in [0.4, 0.5) is 11.5 Å². The van der Waals surface area contributed by atoms with Crippen molar-refractivity contribution in [1.29, 1.82) is 0 Å². The lowest BCUT2D eigenvalue weighted by atomic mass is 10.2. The van der Waals surface area contributed by atoms with Gasteiger partial charge in [0, 0.05) is 24.8 Å². The summed E-state index contributed by atoms with van der Waals surface area (Å²) in [5.74, 6) is 0.629. The number of carbonyl (C=O) groups is 1. The van der Waals surface area contributed by atoms with Gasteiger partial charge in [-0.25, -0.2) is 9.97 Å². The minimum absolute atomic E-state index is 0.145. The van der Waals surface area contributed by atoms with Gasteiger partial charge in [-0.05, 0) is 24.5 Å². The van der Waals surface area contributed by atoms with Gasteiger partial charge >= 0.3 is 0 Å². The van der Waals surface area contributed by atoms with E-state index in [1.54, 1.807) is 6.07 Å². The van der Waals surface area contributed by atoms with Crippen LogP contribution >= 0.6 is 0 Å². The van der Waals surface area contributed by atoms with Crippen molar-refractivity contribution in [3.8, 4) is 0 Å². The van der Waals surface area contributed by atoms with E-state index in [4.69, 9.17) is 0 Å². The van der Waals surface area contributed by atoms with E-state index in [-0.39, 0.29) is 5.91 Å². The predicted octanol–water partition coefficient (Wildman–Crippen LogP) is 2.31. The maximum Gasteiger partial charge on any atom is 0.270 e. The van der Waals surface area contributed by atoms with Gasteiger partial charge in [-0.3, -0.25) is 4.79 Å². The zero-order chi connectivity index (χ0) is 14.7. The van der Waals surface area contributed by atoms with Gasteiger partial charge < -0.3 is 10.2 Å². The van der Waals surface area contributed by atoms with Crippen LogP contribution in [0.1, 0.15) is 29.4 Å². The molecular weight excluding hydrogens is 264 g/mol. The third kappa shape index (κ3) is 2.72. The Bertz CT molecular complexity index is 656. The molecule has 108 valence electrons. The minimum atomic E-state index is -0.145. The molecule has 0 saturated carbocycles. The van der Waals surface area contributed by atoms with Gasteiger partial charge in [-0.2, -0.15) is 0 Å². The van der Waals surface area contributed by atoms with Gasteiger partial charge in [0.25, 0.3) is 5.91 Å². The monoisotopic (exact) mass is 282 g/mol. The van der Waals surface area contributed by atoms with Crippen molar-refractivity contribution < 1.29 is 4.79 Å². The third-order valence-corrected chi connectivity index (χ3v) is 3.58. The number of nitrogens with zero attached hydrogens (tertiary/aromatic N) is 3. The molecular formula is C16H18N4O. The second kappa shape index (κ2) is 5.91. The van der Waals surface area contributed by atoms with Crippen LogP contribution in [0.2, 0.25) is 0 Å². The maximum absolute atomic E-state index is 12.0. The van der Waals surface area contributed by atoms with E-state index in [9.17, 15) is 4.79 Å². The number of aromatic nitrogens is 2. The van der Waals surface area contributed by atoms with E-state index in [1.807, 2.05) is 19.1 Å². The molecule has 1 amide bonds. The summed E-state index contributed by atoms with van der Waals surface area (Å²) in [6, 6.07) is 10.0. The first-order valence-electron chi connectivity index (χ1n) is 7.25. The zero-order valence-corrected chi connectivity index (χ0v) is 12.0. The number of nitrogens with one attached hydrogen (secondary N) is 1.